The molecule has 1 aromatic rings. The van der Waals surface area contributed by atoms with E-state index in [2.05, 4.69) is 15.2 Å². The Balaban J connectivity index is 0.000000383. The minimum Gasteiger partial charge on any atom is -0.475 e. The molecule has 204 valence electrons. The lowest BCUT2D eigenvalue weighted by Gasteiger charge is -2.19. The van der Waals surface area contributed by atoms with E-state index in [9.17, 15) is 31.1 Å². The van der Waals surface area contributed by atoms with Crippen molar-refractivity contribution in [2.24, 2.45) is 11.8 Å². The van der Waals surface area contributed by atoms with Crippen LogP contribution < -0.4 is 5.32 Å². The molecule has 0 unspecified atom stereocenters. The molecule has 2 aliphatic rings. The molecule has 3 N–H and O–H groups in total. The standard InChI is InChI=1S/C16H23N3O3.2C2HF3O2/c1-2-21-7-6-19-9-13-14(11-22-15(13)10-19)16(20)18-12-4-3-5-17-8-12;2*3-2(4,5)1(6)7/h3-5,8,13-15H,2,6-7,9-11H2,1H3,(H,18,20);2*(H,6,7)/t13-,14-,15-;;/m1../s1. The van der Waals surface area contributed by atoms with Gasteiger partial charge in [-0.2, -0.15) is 26.3 Å². The number of likely N-dealkylation sites (tertiary alicyclic amines) is 1. The van der Waals surface area contributed by atoms with E-state index in [1.54, 1.807) is 12.4 Å². The van der Waals surface area contributed by atoms with Crippen molar-refractivity contribution in [1.82, 2.24) is 9.88 Å². The van der Waals surface area contributed by atoms with Gasteiger partial charge in [0.15, 0.2) is 0 Å². The van der Waals surface area contributed by atoms with Gasteiger partial charge in [-0.05, 0) is 19.1 Å². The molecule has 2 saturated heterocycles. The zero-order valence-corrected chi connectivity index (χ0v) is 18.9. The maximum atomic E-state index is 12.5. The molecule has 3 atom stereocenters. The number of fused-ring (bicyclic) bond motifs is 1. The zero-order valence-electron chi connectivity index (χ0n) is 18.9. The SMILES string of the molecule is CCOCCN1C[C@H]2[C@@H](C1)OC[C@H]2C(=O)Nc1cccnc1.O=C(O)C(F)(F)F.O=C(O)C(F)(F)F. The van der Waals surface area contributed by atoms with Gasteiger partial charge in [0.1, 0.15) is 0 Å². The monoisotopic (exact) mass is 533 g/mol. The first-order valence-electron chi connectivity index (χ1n) is 10.4. The molecule has 2 aliphatic heterocycles. The fraction of sp³-hybridized carbons (Fsp3) is 0.600. The summed E-state index contributed by atoms with van der Waals surface area (Å²) >= 11 is 0. The third-order valence-electron chi connectivity index (χ3n) is 4.90. The number of pyridine rings is 1. The van der Waals surface area contributed by atoms with Gasteiger partial charge in [0.25, 0.3) is 0 Å². The highest BCUT2D eigenvalue weighted by Crippen LogP contribution is 2.34. The van der Waals surface area contributed by atoms with E-state index in [1.807, 2.05) is 19.1 Å². The molecular formula is C20H25F6N3O7. The quantitative estimate of drug-likeness (QED) is 0.371. The van der Waals surface area contributed by atoms with Gasteiger partial charge in [-0.15, -0.1) is 0 Å². The number of anilines is 1. The molecule has 3 heterocycles. The molecule has 1 amide bonds. The number of carboxylic acid groups (broad SMARTS) is 2. The molecule has 2 fully saturated rings. The average Bonchev–Trinajstić information content (AvgIpc) is 3.34. The van der Waals surface area contributed by atoms with Crippen LogP contribution in [0.4, 0.5) is 32.0 Å². The van der Waals surface area contributed by atoms with Crippen molar-refractivity contribution in [1.29, 1.82) is 0 Å². The Hall–Kier alpha value is -2.98. The van der Waals surface area contributed by atoms with Gasteiger partial charge in [0, 0.05) is 38.4 Å². The summed E-state index contributed by atoms with van der Waals surface area (Å²) in [5, 5.41) is 17.2. The largest absolute Gasteiger partial charge is 0.490 e. The number of nitrogens with one attached hydrogen (secondary N) is 1. The Morgan fingerprint density at radius 3 is 2.19 bits per heavy atom. The second-order valence-electron chi connectivity index (χ2n) is 7.44. The Morgan fingerprint density at radius 1 is 1.14 bits per heavy atom. The predicted octanol–water partition coefficient (Wildman–Crippen LogP) is 2.27. The van der Waals surface area contributed by atoms with Crippen LogP contribution in [0.2, 0.25) is 0 Å². The molecule has 10 nitrogen and oxygen atoms in total. The first-order valence-corrected chi connectivity index (χ1v) is 10.4. The smallest absolute Gasteiger partial charge is 0.475 e. The second kappa shape index (κ2) is 13.9. The first-order chi connectivity index (χ1) is 16.7. The van der Waals surface area contributed by atoms with Gasteiger partial charge >= 0.3 is 24.3 Å². The highest BCUT2D eigenvalue weighted by atomic mass is 19.4. The number of carbonyl (C=O) groups excluding carboxylic acids is 1. The number of carbonyl (C=O) groups is 3. The molecule has 1 aromatic heterocycles. The number of hydrogen-bond acceptors (Lipinski definition) is 7. The van der Waals surface area contributed by atoms with Gasteiger partial charge in [-0.25, -0.2) is 9.59 Å². The molecule has 36 heavy (non-hydrogen) atoms. The van der Waals surface area contributed by atoms with E-state index < -0.39 is 24.3 Å². The van der Waals surface area contributed by atoms with Gasteiger partial charge in [-0.3, -0.25) is 14.7 Å². The number of aliphatic carboxylic acids is 2. The topological polar surface area (TPSA) is 138 Å². The zero-order chi connectivity index (χ0) is 27.5. The summed E-state index contributed by atoms with van der Waals surface area (Å²) in [6.07, 6.45) is -6.64. The third-order valence-corrected chi connectivity index (χ3v) is 4.90. The molecule has 0 aromatic carbocycles. The van der Waals surface area contributed by atoms with Crippen LogP contribution >= 0.6 is 0 Å². The lowest BCUT2D eigenvalue weighted by molar-refractivity contribution is -0.193. The van der Waals surface area contributed by atoms with Crippen molar-refractivity contribution < 1.29 is 60.4 Å². The van der Waals surface area contributed by atoms with E-state index in [0.29, 0.717) is 6.61 Å². The maximum Gasteiger partial charge on any atom is 0.490 e. The maximum absolute atomic E-state index is 12.5. The fourth-order valence-corrected chi connectivity index (χ4v) is 3.26. The van der Waals surface area contributed by atoms with Crippen LogP contribution in [-0.4, -0.2) is 95.9 Å². The number of halogens is 6. The number of amides is 1. The highest BCUT2D eigenvalue weighted by molar-refractivity contribution is 5.93. The lowest BCUT2D eigenvalue weighted by atomic mass is 9.92. The van der Waals surface area contributed by atoms with E-state index in [-0.39, 0.29) is 23.8 Å². The van der Waals surface area contributed by atoms with Crippen molar-refractivity contribution >= 4 is 23.5 Å². The number of carboxylic acids is 2. The Kier molecular flexibility index (Phi) is 12.0. The molecule has 3 rings (SSSR count). The van der Waals surface area contributed by atoms with E-state index >= 15 is 0 Å². The lowest BCUT2D eigenvalue weighted by Crippen LogP contribution is -2.32. The van der Waals surface area contributed by atoms with Crippen molar-refractivity contribution in [2.45, 2.75) is 25.4 Å². The van der Waals surface area contributed by atoms with Crippen LogP contribution in [0.15, 0.2) is 24.5 Å². The number of rotatable bonds is 6. The number of aromatic nitrogens is 1. The van der Waals surface area contributed by atoms with Gasteiger partial charge in [-0.1, -0.05) is 0 Å². The van der Waals surface area contributed by atoms with Crippen molar-refractivity contribution in [2.75, 3.05) is 44.8 Å². The van der Waals surface area contributed by atoms with Crippen LogP contribution in [0.5, 0.6) is 0 Å². The van der Waals surface area contributed by atoms with Crippen LogP contribution in [-0.2, 0) is 23.9 Å². The van der Waals surface area contributed by atoms with Crippen LogP contribution in [0.1, 0.15) is 6.92 Å². The molecule has 0 aliphatic carbocycles. The van der Waals surface area contributed by atoms with E-state index in [1.165, 1.54) is 0 Å². The predicted molar refractivity (Wildman–Crippen MR) is 110 cm³/mol. The van der Waals surface area contributed by atoms with Gasteiger partial charge < -0.3 is 25.0 Å². The number of nitrogens with zero attached hydrogens (tertiary/aromatic N) is 2. The Morgan fingerprint density at radius 2 is 1.72 bits per heavy atom. The molecular weight excluding hydrogens is 508 g/mol. The minimum absolute atomic E-state index is 0.0344. The van der Waals surface area contributed by atoms with Crippen molar-refractivity contribution in [3.8, 4) is 0 Å². The Labute approximate surface area is 201 Å². The number of hydrogen-bond donors (Lipinski definition) is 3. The summed E-state index contributed by atoms with van der Waals surface area (Å²) in [4.78, 5) is 36.6. The summed E-state index contributed by atoms with van der Waals surface area (Å²) < 4.78 is 74.7. The van der Waals surface area contributed by atoms with E-state index in [4.69, 9.17) is 29.3 Å². The molecule has 0 spiro atoms. The van der Waals surface area contributed by atoms with Crippen LogP contribution in [0.3, 0.4) is 0 Å². The summed E-state index contributed by atoms with van der Waals surface area (Å²) in [6, 6.07) is 3.66. The van der Waals surface area contributed by atoms with Gasteiger partial charge in [0.05, 0.1) is 37.1 Å². The van der Waals surface area contributed by atoms with Crippen molar-refractivity contribution in [3.63, 3.8) is 0 Å². The fourth-order valence-electron chi connectivity index (χ4n) is 3.26. The first kappa shape index (κ1) is 31.1. The molecule has 0 saturated carbocycles. The Bertz CT molecular complexity index is 830. The normalized spacial score (nSPS) is 21.4. The average molecular weight is 533 g/mol. The third kappa shape index (κ3) is 10.7. The van der Waals surface area contributed by atoms with E-state index in [0.717, 1.165) is 38.5 Å². The van der Waals surface area contributed by atoms with Crippen LogP contribution in [0.25, 0.3) is 0 Å². The molecule has 0 bridgehead atoms. The molecule has 16 heteroatoms. The highest BCUT2D eigenvalue weighted by Gasteiger charge is 2.46. The van der Waals surface area contributed by atoms with Gasteiger partial charge in [0.2, 0.25) is 5.91 Å². The minimum atomic E-state index is -5.08. The van der Waals surface area contributed by atoms with Crippen molar-refractivity contribution in [3.05, 3.63) is 24.5 Å². The number of ether oxygens (including phenoxy) is 2. The second-order valence-corrected chi connectivity index (χ2v) is 7.44. The number of alkyl halides is 6. The summed E-state index contributed by atoms with van der Waals surface area (Å²) in [7, 11) is 0. The summed E-state index contributed by atoms with van der Waals surface area (Å²) in [5.74, 6) is -5.28. The molecule has 0 radical (unpaired) electrons. The summed E-state index contributed by atoms with van der Waals surface area (Å²) in [5.41, 5.74) is 0.738. The van der Waals surface area contributed by atoms with Crippen LogP contribution in [0, 0.1) is 11.8 Å². The summed E-state index contributed by atoms with van der Waals surface area (Å²) in [6.45, 7) is 6.70.